The van der Waals surface area contributed by atoms with Gasteiger partial charge in [-0.1, -0.05) is 55.5 Å². The van der Waals surface area contributed by atoms with E-state index in [1.807, 2.05) is 48.0 Å². The molecule has 1 N–H and O–H groups in total. The number of amides is 1. The van der Waals surface area contributed by atoms with Crippen molar-refractivity contribution in [1.82, 2.24) is 25.3 Å². The second-order valence-electron chi connectivity index (χ2n) is 9.48. The topological polar surface area (TPSA) is 75.9 Å². The Morgan fingerprint density at radius 1 is 1.00 bits per heavy atom. The number of para-hydroxylation sites is 1. The number of anilines is 1. The number of aryl methyl sites for hydroxylation is 2. The number of carbonyl (C=O) groups excluding carboxylic acids is 1. The van der Waals surface area contributed by atoms with Gasteiger partial charge in [0, 0.05) is 25.6 Å². The largest absolute Gasteiger partial charge is 0.355 e. The molecular weight excluding hydrogens is 436 g/mol. The molecule has 0 aliphatic carbocycles. The van der Waals surface area contributed by atoms with E-state index in [0.29, 0.717) is 12.5 Å². The summed E-state index contributed by atoms with van der Waals surface area (Å²) in [4.78, 5) is 15.1. The van der Waals surface area contributed by atoms with Gasteiger partial charge in [-0.15, -0.1) is 5.10 Å². The maximum atomic E-state index is 12.9. The highest BCUT2D eigenvalue weighted by Gasteiger charge is 2.28. The molecule has 0 bridgehead atoms. The van der Waals surface area contributed by atoms with E-state index in [9.17, 15) is 4.79 Å². The van der Waals surface area contributed by atoms with Crippen molar-refractivity contribution in [2.24, 2.45) is 5.92 Å². The first-order valence-electron chi connectivity index (χ1n) is 12.4. The number of rotatable bonds is 6. The SMILES string of the molecule is Cc1nnc(N2CCC(C(=O)NC[C@H](C)c3ccccc3)CC2)c2nn(-c3ccccc3)c(C)c12. The molecule has 4 aromatic rings. The Labute approximate surface area is 206 Å². The summed E-state index contributed by atoms with van der Waals surface area (Å²) >= 11 is 0. The Kier molecular flexibility index (Phi) is 6.49. The number of hydrogen-bond acceptors (Lipinski definition) is 5. The second-order valence-corrected chi connectivity index (χ2v) is 9.48. The fourth-order valence-corrected chi connectivity index (χ4v) is 5.00. The van der Waals surface area contributed by atoms with E-state index >= 15 is 0 Å². The van der Waals surface area contributed by atoms with Crippen molar-refractivity contribution in [3.63, 3.8) is 0 Å². The number of fused-ring (bicyclic) bond motifs is 1. The van der Waals surface area contributed by atoms with E-state index in [1.165, 1.54) is 5.56 Å². The standard InChI is InChI=1S/C28H32N6O/c1-19(22-10-6-4-7-11-22)18-29-28(35)23-14-16-33(17-15-23)27-26-25(20(2)30-31-27)21(3)34(32-26)24-12-8-5-9-13-24/h4-13,19,23H,14-18H2,1-3H3,(H,29,35)/t19-/m0/s1. The van der Waals surface area contributed by atoms with Crippen molar-refractivity contribution in [3.8, 4) is 5.69 Å². The van der Waals surface area contributed by atoms with Crippen LogP contribution in [0, 0.1) is 19.8 Å². The maximum absolute atomic E-state index is 12.9. The lowest BCUT2D eigenvalue weighted by Gasteiger charge is -2.32. The van der Waals surface area contributed by atoms with Gasteiger partial charge in [0.2, 0.25) is 5.91 Å². The molecule has 1 saturated heterocycles. The Bertz CT molecular complexity index is 1310. The monoisotopic (exact) mass is 468 g/mol. The number of nitrogens with one attached hydrogen (secondary N) is 1. The fraction of sp³-hybridized carbons (Fsp3) is 0.357. The number of hydrogen-bond donors (Lipinski definition) is 1. The first kappa shape index (κ1) is 23.0. The van der Waals surface area contributed by atoms with Crippen LogP contribution in [0.15, 0.2) is 60.7 Å². The molecule has 180 valence electrons. The Morgan fingerprint density at radius 2 is 1.66 bits per heavy atom. The maximum Gasteiger partial charge on any atom is 0.223 e. The van der Waals surface area contributed by atoms with Crippen molar-refractivity contribution >= 4 is 22.6 Å². The normalized spacial score (nSPS) is 15.3. The minimum atomic E-state index is 0.0201. The first-order valence-corrected chi connectivity index (χ1v) is 12.4. The molecule has 7 heteroatoms. The molecule has 5 rings (SSSR count). The second kappa shape index (κ2) is 9.86. The summed E-state index contributed by atoms with van der Waals surface area (Å²) in [6, 6.07) is 20.5. The molecule has 1 aliphatic rings. The minimum absolute atomic E-state index is 0.0201. The van der Waals surface area contributed by atoms with Gasteiger partial charge in [-0.3, -0.25) is 4.79 Å². The van der Waals surface area contributed by atoms with E-state index in [2.05, 4.69) is 58.5 Å². The van der Waals surface area contributed by atoms with Crippen LogP contribution in [0.25, 0.3) is 16.6 Å². The molecule has 35 heavy (non-hydrogen) atoms. The molecule has 2 aromatic carbocycles. The molecule has 0 saturated carbocycles. The van der Waals surface area contributed by atoms with Gasteiger partial charge in [-0.25, -0.2) is 4.68 Å². The smallest absolute Gasteiger partial charge is 0.223 e. The highest BCUT2D eigenvalue weighted by atomic mass is 16.1. The third-order valence-corrected chi connectivity index (χ3v) is 7.10. The highest BCUT2D eigenvalue weighted by molar-refractivity contribution is 5.92. The van der Waals surface area contributed by atoms with Crippen molar-refractivity contribution in [2.45, 2.75) is 39.5 Å². The third-order valence-electron chi connectivity index (χ3n) is 7.10. The van der Waals surface area contributed by atoms with Gasteiger partial charge in [0.05, 0.1) is 22.5 Å². The minimum Gasteiger partial charge on any atom is -0.355 e. The number of piperidine rings is 1. The van der Waals surface area contributed by atoms with Crippen LogP contribution >= 0.6 is 0 Å². The average Bonchev–Trinajstić information content (AvgIpc) is 3.26. The average molecular weight is 469 g/mol. The number of nitrogens with zero attached hydrogens (tertiary/aromatic N) is 5. The molecule has 0 radical (unpaired) electrons. The highest BCUT2D eigenvalue weighted by Crippen LogP contribution is 2.31. The first-order chi connectivity index (χ1) is 17.0. The molecule has 1 fully saturated rings. The summed E-state index contributed by atoms with van der Waals surface area (Å²) in [5.74, 6) is 1.27. The van der Waals surface area contributed by atoms with E-state index in [4.69, 9.17) is 5.10 Å². The van der Waals surface area contributed by atoms with Crippen LogP contribution in [0.3, 0.4) is 0 Å². The molecule has 3 heterocycles. The van der Waals surface area contributed by atoms with Gasteiger partial charge >= 0.3 is 0 Å². The van der Waals surface area contributed by atoms with Crippen molar-refractivity contribution < 1.29 is 4.79 Å². The van der Waals surface area contributed by atoms with Crippen LogP contribution in [0.5, 0.6) is 0 Å². The van der Waals surface area contributed by atoms with E-state index < -0.39 is 0 Å². The number of aromatic nitrogens is 4. The van der Waals surface area contributed by atoms with Crippen LogP contribution < -0.4 is 10.2 Å². The third kappa shape index (κ3) is 4.63. The number of carbonyl (C=O) groups is 1. The molecule has 7 nitrogen and oxygen atoms in total. The van der Waals surface area contributed by atoms with Crippen molar-refractivity contribution in [2.75, 3.05) is 24.5 Å². The van der Waals surface area contributed by atoms with Crippen LogP contribution in [0.2, 0.25) is 0 Å². The van der Waals surface area contributed by atoms with Gasteiger partial charge < -0.3 is 10.2 Å². The van der Waals surface area contributed by atoms with E-state index in [1.54, 1.807) is 0 Å². The van der Waals surface area contributed by atoms with Gasteiger partial charge in [-0.2, -0.15) is 10.2 Å². The Balaban J connectivity index is 1.28. The Hall–Kier alpha value is -3.74. The summed E-state index contributed by atoms with van der Waals surface area (Å²) in [5, 5.41) is 18.2. The predicted octanol–water partition coefficient (Wildman–Crippen LogP) is 4.57. The summed E-state index contributed by atoms with van der Waals surface area (Å²) in [5.41, 5.74) is 5.08. The van der Waals surface area contributed by atoms with Crippen LogP contribution in [-0.2, 0) is 4.79 Å². The zero-order valence-corrected chi connectivity index (χ0v) is 20.6. The van der Waals surface area contributed by atoms with Gasteiger partial charge in [-0.05, 0) is 50.3 Å². The molecule has 1 amide bonds. The predicted molar refractivity (Wildman–Crippen MR) is 139 cm³/mol. The molecule has 1 aliphatic heterocycles. The van der Waals surface area contributed by atoms with Crippen LogP contribution in [0.4, 0.5) is 5.82 Å². The van der Waals surface area contributed by atoms with Crippen molar-refractivity contribution in [1.29, 1.82) is 0 Å². The van der Waals surface area contributed by atoms with E-state index in [0.717, 1.165) is 59.7 Å². The zero-order chi connectivity index (χ0) is 24.4. The molecule has 1 atom stereocenters. The molecule has 0 spiro atoms. The van der Waals surface area contributed by atoms with Gasteiger partial charge in [0.1, 0.15) is 5.52 Å². The lowest BCUT2D eigenvalue weighted by atomic mass is 9.95. The van der Waals surface area contributed by atoms with Crippen molar-refractivity contribution in [3.05, 3.63) is 77.6 Å². The van der Waals surface area contributed by atoms with Gasteiger partial charge in [0.25, 0.3) is 0 Å². The van der Waals surface area contributed by atoms with E-state index in [-0.39, 0.29) is 11.8 Å². The van der Waals surface area contributed by atoms with Crippen LogP contribution in [0.1, 0.15) is 42.6 Å². The van der Waals surface area contributed by atoms with Crippen LogP contribution in [-0.4, -0.2) is 45.5 Å². The summed E-state index contributed by atoms with van der Waals surface area (Å²) in [7, 11) is 0. The fourth-order valence-electron chi connectivity index (χ4n) is 5.00. The summed E-state index contributed by atoms with van der Waals surface area (Å²) in [6.45, 7) is 8.39. The van der Waals surface area contributed by atoms with Gasteiger partial charge in [0.15, 0.2) is 5.82 Å². The molecular formula is C28H32N6O. The summed E-state index contributed by atoms with van der Waals surface area (Å²) < 4.78 is 1.97. The lowest BCUT2D eigenvalue weighted by Crippen LogP contribution is -2.41. The molecule has 2 aromatic heterocycles. The quantitative estimate of drug-likeness (QED) is 0.449. The number of benzene rings is 2. The molecule has 0 unspecified atom stereocenters. The lowest BCUT2D eigenvalue weighted by molar-refractivity contribution is -0.125. The summed E-state index contributed by atoms with van der Waals surface area (Å²) in [6.07, 6.45) is 1.59. The zero-order valence-electron chi connectivity index (χ0n) is 20.6. The Morgan fingerprint density at radius 3 is 2.34 bits per heavy atom.